The van der Waals surface area contributed by atoms with Gasteiger partial charge in [-0.05, 0) is 88.5 Å². The molecule has 7 unspecified atom stereocenters. The number of fused-ring (bicyclic) bond motifs is 6. The Morgan fingerprint density at radius 3 is 2.61 bits per heavy atom. The van der Waals surface area contributed by atoms with E-state index in [0.29, 0.717) is 47.2 Å². The lowest BCUT2D eigenvalue weighted by Gasteiger charge is -2.43. The van der Waals surface area contributed by atoms with Gasteiger partial charge < -0.3 is 9.64 Å². The summed E-state index contributed by atoms with van der Waals surface area (Å²) in [5.41, 5.74) is 1.96. The molecule has 0 aromatic carbocycles. The number of anilines is 1. The Labute approximate surface area is 215 Å². The van der Waals surface area contributed by atoms with Gasteiger partial charge in [-0.3, -0.25) is 9.40 Å². The fourth-order valence-electron chi connectivity index (χ4n) is 7.38. The first-order chi connectivity index (χ1) is 16.8. The van der Waals surface area contributed by atoms with E-state index in [1.165, 1.54) is 24.8 Å². The molecule has 2 saturated carbocycles. The Kier molecular flexibility index (Phi) is 6.45. The quantitative estimate of drug-likeness (QED) is 0.618. The maximum Gasteiger partial charge on any atom is 0.410 e. The van der Waals surface area contributed by atoms with Crippen molar-refractivity contribution in [3.63, 3.8) is 0 Å². The maximum absolute atomic E-state index is 12.9. The number of likely N-dealkylation sites (tertiary alicyclic amines) is 1. The summed E-state index contributed by atoms with van der Waals surface area (Å²) in [5.74, 6) is 3.99. The summed E-state index contributed by atoms with van der Waals surface area (Å²) >= 11 is 0. The van der Waals surface area contributed by atoms with E-state index in [1.807, 2.05) is 36.4 Å². The molecule has 9 heteroatoms. The van der Waals surface area contributed by atoms with Gasteiger partial charge in [0.15, 0.2) is 5.82 Å². The van der Waals surface area contributed by atoms with Crippen molar-refractivity contribution in [3.05, 3.63) is 17.3 Å². The first kappa shape index (κ1) is 25.6. The number of carbonyl (C=O) groups excluding carboxylic acids is 1. The molecule has 4 aliphatic rings. The Balaban J connectivity index is 1.44. The van der Waals surface area contributed by atoms with Crippen LogP contribution in [0, 0.1) is 41.4 Å². The highest BCUT2D eigenvalue weighted by atomic mass is 32.2. The third kappa shape index (κ3) is 4.79. The molecule has 3 heterocycles. The standard InChI is InChI=1S/C27H42N4O4S/c1-7-36(33,34)29-24-12-19-11-20-16(2)8-9-17(3)21-10-18-13-30(26(32)35-27(4,5)6)14-22(18)25(21)23(20)15-31(19)28-24/h11-12,16-18,21-23,25H,7-10,13-15H2,1-6H3,(H,28,29). The summed E-state index contributed by atoms with van der Waals surface area (Å²) in [6.07, 6.45) is 5.65. The average molecular weight is 519 g/mol. The molecule has 1 aromatic rings. The van der Waals surface area contributed by atoms with Crippen molar-refractivity contribution in [3.8, 4) is 0 Å². The van der Waals surface area contributed by atoms with Gasteiger partial charge in [0.25, 0.3) is 0 Å². The van der Waals surface area contributed by atoms with Gasteiger partial charge in [-0.1, -0.05) is 19.4 Å². The second-order valence-corrected chi connectivity index (χ2v) is 14.6. The fourth-order valence-corrected chi connectivity index (χ4v) is 7.94. The van der Waals surface area contributed by atoms with E-state index in [-0.39, 0.29) is 11.8 Å². The molecule has 8 nitrogen and oxygen atoms in total. The monoisotopic (exact) mass is 518 g/mol. The summed E-state index contributed by atoms with van der Waals surface area (Å²) in [5, 5.41) is 4.65. The van der Waals surface area contributed by atoms with Crippen LogP contribution in [0.3, 0.4) is 0 Å². The van der Waals surface area contributed by atoms with E-state index >= 15 is 0 Å². The van der Waals surface area contributed by atoms with Crippen molar-refractivity contribution in [2.24, 2.45) is 41.4 Å². The Bertz CT molecular complexity index is 1150. The number of amides is 1. The van der Waals surface area contributed by atoms with E-state index in [2.05, 4.69) is 29.7 Å². The predicted molar refractivity (Wildman–Crippen MR) is 141 cm³/mol. The summed E-state index contributed by atoms with van der Waals surface area (Å²) in [7, 11) is -3.38. The summed E-state index contributed by atoms with van der Waals surface area (Å²) in [6.45, 7) is 14.5. The summed E-state index contributed by atoms with van der Waals surface area (Å²) in [6, 6.07) is 1.86. The van der Waals surface area contributed by atoms with Crippen molar-refractivity contribution >= 4 is 28.0 Å². The van der Waals surface area contributed by atoms with Crippen LogP contribution < -0.4 is 4.72 Å². The number of hydrogen-bond donors (Lipinski definition) is 1. The van der Waals surface area contributed by atoms with E-state index in [1.54, 1.807) is 6.92 Å². The molecule has 200 valence electrons. The molecule has 7 atom stereocenters. The lowest BCUT2D eigenvalue weighted by Crippen LogP contribution is -2.40. The van der Waals surface area contributed by atoms with Crippen molar-refractivity contribution < 1.29 is 17.9 Å². The van der Waals surface area contributed by atoms with Crippen LogP contribution in [0.15, 0.2) is 11.6 Å². The maximum atomic E-state index is 12.9. The van der Waals surface area contributed by atoms with Gasteiger partial charge in [-0.25, -0.2) is 13.2 Å². The number of ether oxygens (including phenoxy) is 1. The van der Waals surface area contributed by atoms with Gasteiger partial charge in [0.05, 0.1) is 11.4 Å². The van der Waals surface area contributed by atoms with Crippen LogP contribution in [0.5, 0.6) is 0 Å². The number of aromatic nitrogens is 2. The zero-order valence-electron chi connectivity index (χ0n) is 22.5. The zero-order chi connectivity index (χ0) is 26.0. The van der Waals surface area contributed by atoms with Crippen molar-refractivity contribution in [2.45, 2.75) is 73.0 Å². The first-order valence-corrected chi connectivity index (χ1v) is 15.3. The van der Waals surface area contributed by atoms with Gasteiger partial charge in [-0.2, -0.15) is 5.10 Å². The number of carbonyl (C=O) groups is 1. The van der Waals surface area contributed by atoms with Gasteiger partial charge in [0, 0.05) is 31.6 Å². The second-order valence-electron chi connectivity index (χ2n) is 12.6. The number of allylic oxidation sites excluding steroid dienone is 1. The van der Waals surface area contributed by atoms with E-state index in [9.17, 15) is 13.2 Å². The molecule has 0 bridgehead atoms. The van der Waals surface area contributed by atoms with Crippen molar-refractivity contribution in [1.82, 2.24) is 14.7 Å². The highest BCUT2D eigenvalue weighted by molar-refractivity contribution is 7.92. The highest BCUT2D eigenvalue weighted by Gasteiger charge is 2.54. The molecule has 1 N–H and O–H groups in total. The van der Waals surface area contributed by atoms with Gasteiger partial charge in [0.2, 0.25) is 10.0 Å². The molecule has 2 aliphatic carbocycles. The molecule has 2 aliphatic heterocycles. The number of nitrogens with zero attached hydrogens (tertiary/aromatic N) is 3. The Morgan fingerprint density at radius 1 is 1.17 bits per heavy atom. The molecule has 3 fully saturated rings. The Morgan fingerprint density at radius 2 is 1.92 bits per heavy atom. The molecule has 5 rings (SSSR count). The SMILES string of the molecule is CCS(=O)(=O)Nc1cc2n(n1)CC1C(=C2)C(C)CCC(C)C2CC3CN(C(=O)OC(C)(C)C)CC3C12. The molecule has 36 heavy (non-hydrogen) atoms. The van der Waals surface area contributed by atoms with Crippen LogP contribution in [-0.2, 0) is 21.3 Å². The minimum Gasteiger partial charge on any atom is -0.444 e. The summed E-state index contributed by atoms with van der Waals surface area (Å²) in [4.78, 5) is 14.8. The van der Waals surface area contributed by atoms with Gasteiger partial charge in [0.1, 0.15) is 5.60 Å². The molecule has 0 spiro atoms. The van der Waals surface area contributed by atoms with Crippen LogP contribution in [0.2, 0.25) is 0 Å². The van der Waals surface area contributed by atoms with Crippen LogP contribution in [0.25, 0.3) is 6.08 Å². The number of rotatable bonds is 3. The van der Waals surface area contributed by atoms with Crippen LogP contribution in [0.4, 0.5) is 10.6 Å². The minimum atomic E-state index is -3.38. The minimum absolute atomic E-state index is 0.0226. The lowest BCUT2D eigenvalue weighted by molar-refractivity contribution is 0.0255. The normalized spacial score (nSPS) is 34.0. The molecular weight excluding hydrogens is 476 g/mol. The van der Waals surface area contributed by atoms with Crippen LogP contribution in [-0.4, -0.2) is 53.6 Å². The summed E-state index contributed by atoms with van der Waals surface area (Å²) < 4.78 is 34.6. The second kappa shape index (κ2) is 9.07. The van der Waals surface area contributed by atoms with Crippen molar-refractivity contribution in [2.75, 3.05) is 23.6 Å². The molecular formula is C27H42N4O4S. The van der Waals surface area contributed by atoms with E-state index in [4.69, 9.17) is 4.74 Å². The van der Waals surface area contributed by atoms with Crippen LogP contribution >= 0.6 is 0 Å². The topological polar surface area (TPSA) is 93.5 Å². The third-order valence-electron chi connectivity index (χ3n) is 9.09. The largest absolute Gasteiger partial charge is 0.444 e. The highest BCUT2D eigenvalue weighted by Crippen LogP contribution is 2.57. The number of hydrogen-bond acceptors (Lipinski definition) is 5. The van der Waals surface area contributed by atoms with E-state index in [0.717, 1.165) is 25.3 Å². The lowest BCUT2D eigenvalue weighted by atomic mass is 9.64. The molecule has 1 amide bonds. The molecule has 0 radical (unpaired) electrons. The smallest absolute Gasteiger partial charge is 0.410 e. The molecule has 1 saturated heterocycles. The Hall–Kier alpha value is -2.03. The fraction of sp³-hybridized carbons (Fsp3) is 0.778. The van der Waals surface area contributed by atoms with Gasteiger partial charge in [-0.15, -0.1) is 0 Å². The van der Waals surface area contributed by atoms with Crippen molar-refractivity contribution in [1.29, 1.82) is 0 Å². The van der Waals surface area contributed by atoms with Gasteiger partial charge >= 0.3 is 6.09 Å². The van der Waals surface area contributed by atoms with E-state index < -0.39 is 15.6 Å². The average Bonchev–Trinajstić information content (AvgIpc) is 3.45. The number of nitrogens with one attached hydrogen (secondary N) is 1. The molecule has 1 aromatic heterocycles. The zero-order valence-corrected chi connectivity index (χ0v) is 23.3. The predicted octanol–water partition coefficient (Wildman–Crippen LogP) is 4.84. The third-order valence-corrected chi connectivity index (χ3v) is 10.4. The van der Waals surface area contributed by atoms with Crippen LogP contribution in [0.1, 0.15) is 66.5 Å². The number of sulfonamides is 1. The first-order valence-electron chi connectivity index (χ1n) is 13.6.